The van der Waals surface area contributed by atoms with Crippen LogP contribution in [0.4, 0.5) is 0 Å². The van der Waals surface area contributed by atoms with Crippen LogP contribution in [0, 0.1) is 6.92 Å². The summed E-state index contributed by atoms with van der Waals surface area (Å²) in [5.74, 6) is 0. The van der Waals surface area contributed by atoms with Crippen LogP contribution in [0.3, 0.4) is 0 Å². The first kappa shape index (κ1) is 17.5. The van der Waals surface area contributed by atoms with Gasteiger partial charge in [0.05, 0.1) is 23.6 Å². The molecule has 0 aromatic carbocycles. The fourth-order valence-electron chi connectivity index (χ4n) is 3.57. The Labute approximate surface area is 157 Å². The Hall–Kier alpha value is -2.93. The number of pyridine rings is 1. The Balaban J connectivity index is 1.53. The van der Waals surface area contributed by atoms with E-state index in [1.165, 1.54) is 0 Å². The van der Waals surface area contributed by atoms with E-state index >= 15 is 0 Å². The third-order valence-corrected chi connectivity index (χ3v) is 4.90. The number of nitrogens with zero attached hydrogens (tertiary/aromatic N) is 6. The molecule has 1 saturated heterocycles. The molecule has 0 spiro atoms. The van der Waals surface area contributed by atoms with Gasteiger partial charge in [-0.05, 0) is 44.5 Å². The van der Waals surface area contributed by atoms with Gasteiger partial charge in [0, 0.05) is 49.0 Å². The van der Waals surface area contributed by atoms with Gasteiger partial charge in [0.2, 0.25) is 0 Å². The Morgan fingerprint density at radius 1 is 1.11 bits per heavy atom. The highest BCUT2D eigenvalue weighted by Gasteiger charge is 2.26. The number of hydrogen-bond donors (Lipinski definition) is 0. The van der Waals surface area contributed by atoms with Crippen LogP contribution in [0.1, 0.15) is 24.2 Å². The van der Waals surface area contributed by atoms with E-state index < -0.39 is 0 Å². The molecular formula is C20H22N6O. The molecule has 1 unspecified atom stereocenters. The molecule has 0 saturated carbocycles. The highest BCUT2D eigenvalue weighted by molar-refractivity contribution is 5.56. The molecule has 1 aliphatic heterocycles. The average molecular weight is 362 g/mol. The lowest BCUT2D eigenvalue weighted by atomic mass is 10.2. The molecular weight excluding hydrogens is 340 g/mol. The van der Waals surface area contributed by atoms with Crippen molar-refractivity contribution < 1.29 is 0 Å². The van der Waals surface area contributed by atoms with Crippen molar-refractivity contribution in [2.24, 2.45) is 0 Å². The molecule has 0 aliphatic carbocycles. The fraction of sp³-hybridized carbons (Fsp3) is 0.350. The minimum atomic E-state index is -0.0741. The van der Waals surface area contributed by atoms with E-state index in [0.717, 1.165) is 48.6 Å². The number of hydrogen-bond acceptors (Lipinski definition) is 6. The minimum Gasteiger partial charge on any atom is -0.293 e. The third-order valence-electron chi connectivity index (χ3n) is 4.90. The summed E-state index contributed by atoms with van der Waals surface area (Å²) < 4.78 is 1.58. The van der Waals surface area contributed by atoms with Crippen molar-refractivity contribution in [2.75, 3.05) is 6.54 Å². The molecule has 3 aromatic rings. The van der Waals surface area contributed by atoms with Crippen molar-refractivity contribution in [3.63, 3.8) is 0 Å². The predicted octanol–water partition coefficient (Wildman–Crippen LogP) is 2.07. The van der Waals surface area contributed by atoms with Gasteiger partial charge in [0.15, 0.2) is 0 Å². The Bertz CT molecular complexity index is 971. The zero-order valence-electron chi connectivity index (χ0n) is 15.3. The molecule has 1 fully saturated rings. The van der Waals surface area contributed by atoms with Gasteiger partial charge in [-0.1, -0.05) is 0 Å². The minimum absolute atomic E-state index is 0.0741. The van der Waals surface area contributed by atoms with Gasteiger partial charge in [0.1, 0.15) is 0 Å². The first-order valence-corrected chi connectivity index (χ1v) is 9.19. The normalized spacial score (nSPS) is 17.3. The van der Waals surface area contributed by atoms with Gasteiger partial charge in [-0.25, -0.2) is 4.68 Å². The second-order valence-electron chi connectivity index (χ2n) is 6.89. The lowest BCUT2D eigenvalue weighted by molar-refractivity contribution is 0.214. The first-order chi connectivity index (χ1) is 13.2. The highest BCUT2D eigenvalue weighted by Crippen LogP contribution is 2.21. The Morgan fingerprint density at radius 3 is 2.78 bits per heavy atom. The zero-order chi connectivity index (χ0) is 18.6. The molecule has 7 nitrogen and oxygen atoms in total. The monoisotopic (exact) mass is 362 g/mol. The van der Waals surface area contributed by atoms with Gasteiger partial charge >= 0.3 is 0 Å². The van der Waals surface area contributed by atoms with Crippen molar-refractivity contribution >= 4 is 0 Å². The van der Waals surface area contributed by atoms with E-state index in [-0.39, 0.29) is 11.6 Å². The van der Waals surface area contributed by atoms with Crippen LogP contribution in [0.25, 0.3) is 11.3 Å². The summed E-state index contributed by atoms with van der Waals surface area (Å²) in [4.78, 5) is 27.5. The maximum atomic E-state index is 12.3. The standard InChI is InChI=1S/C20H22N6O/c1-15-11-22-12-17(23-15)13-25-10-2-3-18(25)14-26-20(27)5-4-19(24-26)16-6-8-21-9-7-16/h4-9,11-12,18H,2-3,10,13-14H2,1H3. The predicted molar refractivity (Wildman–Crippen MR) is 102 cm³/mol. The molecule has 0 radical (unpaired) electrons. The van der Waals surface area contributed by atoms with Crippen molar-refractivity contribution in [3.8, 4) is 11.3 Å². The summed E-state index contributed by atoms with van der Waals surface area (Å²) in [6.07, 6.45) is 9.20. The molecule has 0 amide bonds. The highest BCUT2D eigenvalue weighted by atomic mass is 16.1. The van der Waals surface area contributed by atoms with Crippen molar-refractivity contribution in [2.45, 2.75) is 38.9 Å². The molecule has 138 valence electrons. The zero-order valence-corrected chi connectivity index (χ0v) is 15.3. The molecule has 0 N–H and O–H groups in total. The van der Waals surface area contributed by atoms with E-state index in [2.05, 4.69) is 25.0 Å². The average Bonchev–Trinajstić information content (AvgIpc) is 3.11. The summed E-state index contributed by atoms with van der Waals surface area (Å²) in [6, 6.07) is 7.42. The van der Waals surface area contributed by atoms with Gasteiger partial charge in [-0.15, -0.1) is 0 Å². The van der Waals surface area contributed by atoms with E-state index in [9.17, 15) is 4.79 Å². The summed E-state index contributed by atoms with van der Waals surface area (Å²) in [7, 11) is 0. The van der Waals surface area contributed by atoms with Crippen molar-refractivity contribution in [3.05, 3.63) is 70.8 Å². The van der Waals surface area contributed by atoms with E-state index in [4.69, 9.17) is 0 Å². The van der Waals surface area contributed by atoms with Crippen LogP contribution in [0.5, 0.6) is 0 Å². The smallest absolute Gasteiger partial charge is 0.266 e. The quantitative estimate of drug-likeness (QED) is 0.691. The topological polar surface area (TPSA) is 76.8 Å². The lowest BCUT2D eigenvalue weighted by Gasteiger charge is -2.24. The lowest BCUT2D eigenvalue weighted by Crippen LogP contribution is -2.36. The molecule has 27 heavy (non-hydrogen) atoms. The molecule has 7 heteroatoms. The molecule has 4 rings (SSSR count). The van der Waals surface area contributed by atoms with Gasteiger partial charge in [0.25, 0.3) is 5.56 Å². The fourth-order valence-corrected chi connectivity index (χ4v) is 3.57. The summed E-state index contributed by atoms with van der Waals surface area (Å²) in [6.45, 7) is 4.28. The molecule has 1 atom stereocenters. The Morgan fingerprint density at radius 2 is 1.96 bits per heavy atom. The Kier molecular flexibility index (Phi) is 5.02. The summed E-state index contributed by atoms with van der Waals surface area (Å²) in [5, 5.41) is 4.58. The molecule has 0 bridgehead atoms. The summed E-state index contributed by atoms with van der Waals surface area (Å²) >= 11 is 0. The van der Waals surface area contributed by atoms with Gasteiger partial charge in [-0.3, -0.25) is 24.6 Å². The SMILES string of the molecule is Cc1cncc(CN2CCCC2Cn2nc(-c3ccncc3)ccc2=O)n1. The maximum Gasteiger partial charge on any atom is 0.266 e. The first-order valence-electron chi connectivity index (χ1n) is 9.19. The van der Waals surface area contributed by atoms with E-state index in [1.54, 1.807) is 35.4 Å². The van der Waals surface area contributed by atoms with Crippen LogP contribution >= 0.6 is 0 Å². The van der Waals surface area contributed by atoms with Crippen molar-refractivity contribution in [1.29, 1.82) is 0 Å². The maximum absolute atomic E-state index is 12.3. The van der Waals surface area contributed by atoms with Crippen LogP contribution in [0.15, 0.2) is 53.8 Å². The van der Waals surface area contributed by atoms with E-state index in [1.807, 2.05) is 25.3 Å². The van der Waals surface area contributed by atoms with Gasteiger partial charge in [-0.2, -0.15) is 5.10 Å². The number of aromatic nitrogens is 5. The van der Waals surface area contributed by atoms with E-state index in [0.29, 0.717) is 6.54 Å². The van der Waals surface area contributed by atoms with Gasteiger partial charge < -0.3 is 0 Å². The second kappa shape index (κ2) is 7.75. The number of rotatable bonds is 5. The number of likely N-dealkylation sites (tertiary alicyclic amines) is 1. The molecule has 4 heterocycles. The molecule has 1 aliphatic rings. The second-order valence-corrected chi connectivity index (χ2v) is 6.89. The van der Waals surface area contributed by atoms with Crippen LogP contribution in [-0.2, 0) is 13.1 Å². The molecule has 3 aromatic heterocycles. The van der Waals surface area contributed by atoms with Crippen molar-refractivity contribution in [1.82, 2.24) is 29.6 Å². The van der Waals surface area contributed by atoms with Crippen LogP contribution < -0.4 is 5.56 Å². The van der Waals surface area contributed by atoms with Crippen LogP contribution in [-0.4, -0.2) is 42.2 Å². The number of aryl methyl sites for hydroxylation is 1. The largest absolute Gasteiger partial charge is 0.293 e. The summed E-state index contributed by atoms with van der Waals surface area (Å²) in [5.41, 5.74) is 3.55. The third kappa shape index (κ3) is 4.09. The van der Waals surface area contributed by atoms with Crippen LogP contribution in [0.2, 0.25) is 0 Å².